The van der Waals surface area contributed by atoms with Gasteiger partial charge in [-0.15, -0.1) is 0 Å². The molecule has 4 rings (SSSR count). The van der Waals surface area contributed by atoms with Crippen molar-refractivity contribution < 1.29 is 19.1 Å². The van der Waals surface area contributed by atoms with Crippen LogP contribution in [0.3, 0.4) is 0 Å². The van der Waals surface area contributed by atoms with Crippen molar-refractivity contribution in [3.63, 3.8) is 0 Å². The fraction of sp³-hybridized carbons (Fsp3) is 0.0526. The molecule has 1 aromatic heterocycles. The molecule has 3 N–H and O–H groups in total. The number of amides is 1. The lowest BCUT2D eigenvalue weighted by molar-refractivity contribution is -0.119. The van der Waals surface area contributed by atoms with E-state index in [1.807, 2.05) is 30.3 Å². The minimum atomic E-state index is -0.647. The number of aromatic hydroxyl groups is 1. The van der Waals surface area contributed by atoms with Gasteiger partial charge in [-0.1, -0.05) is 30.3 Å². The molecule has 0 saturated carbocycles. The van der Waals surface area contributed by atoms with Crippen LogP contribution in [0, 0.1) is 0 Å². The molecule has 1 heterocycles. The number of rotatable bonds is 3. The molecular formula is C19H13NO5. The fourth-order valence-electron chi connectivity index (χ4n) is 2.94. The average molecular weight is 335 g/mol. The Hall–Kier alpha value is -3.54. The maximum atomic E-state index is 13.0. The van der Waals surface area contributed by atoms with Gasteiger partial charge in [-0.05, 0) is 16.8 Å². The summed E-state index contributed by atoms with van der Waals surface area (Å²) < 4.78 is 11.0. The summed E-state index contributed by atoms with van der Waals surface area (Å²) in [6, 6.07) is 13.8. The predicted molar refractivity (Wildman–Crippen MR) is 93.9 cm³/mol. The molecule has 0 radical (unpaired) electrons. The van der Waals surface area contributed by atoms with Crippen LogP contribution in [-0.2, 0) is 4.79 Å². The molecule has 0 bridgehead atoms. The standard InChI is InChI=1S/C19H13NO5/c20-16(22)9-24-11-7-13(21)18-15(8-11)25-14-6-5-10-3-1-2-4-12(10)17(14)19(18)23/h1-8,21H,9H2,(H2,20,22). The molecule has 0 saturated heterocycles. The first kappa shape index (κ1) is 15.0. The van der Waals surface area contributed by atoms with E-state index in [0.717, 1.165) is 10.8 Å². The minimum absolute atomic E-state index is 0.0651. The monoisotopic (exact) mass is 335 g/mol. The van der Waals surface area contributed by atoms with Gasteiger partial charge >= 0.3 is 0 Å². The van der Waals surface area contributed by atoms with Crippen LogP contribution in [-0.4, -0.2) is 17.6 Å². The number of primary amides is 1. The highest BCUT2D eigenvalue weighted by atomic mass is 16.5. The summed E-state index contributed by atoms with van der Waals surface area (Å²) in [7, 11) is 0. The van der Waals surface area contributed by atoms with Gasteiger partial charge in [-0.2, -0.15) is 0 Å². The highest BCUT2D eigenvalue weighted by Crippen LogP contribution is 2.32. The van der Waals surface area contributed by atoms with Crippen LogP contribution in [0.5, 0.6) is 11.5 Å². The molecule has 6 heteroatoms. The van der Waals surface area contributed by atoms with Crippen LogP contribution in [0.15, 0.2) is 57.7 Å². The summed E-state index contributed by atoms with van der Waals surface area (Å²) in [5, 5.41) is 12.4. The number of ether oxygens (including phenoxy) is 1. The Balaban J connectivity index is 2.04. The third-order valence-electron chi connectivity index (χ3n) is 4.00. The molecule has 3 aromatic carbocycles. The Morgan fingerprint density at radius 2 is 1.88 bits per heavy atom. The van der Waals surface area contributed by atoms with Gasteiger partial charge in [0.1, 0.15) is 28.1 Å². The number of hydrogen-bond acceptors (Lipinski definition) is 5. The number of benzene rings is 3. The minimum Gasteiger partial charge on any atom is -0.507 e. The van der Waals surface area contributed by atoms with Gasteiger partial charge in [-0.3, -0.25) is 9.59 Å². The maximum Gasteiger partial charge on any atom is 0.255 e. The van der Waals surface area contributed by atoms with Crippen LogP contribution < -0.4 is 15.9 Å². The first-order chi connectivity index (χ1) is 12.0. The van der Waals surface area contributed by atoms with E-state index >= 15 is 0 Å². The summed E-state index contributed by atoms with van der Waals surface area (Å²) in [6.07, 6.45) is 0. The number of phenolic OH excluding ortho intramolecular Hbond substituents is 1. The molecule has 124 valence electrons. The second-order valence-electron chi connectivity index (χ2n) is 5.66. The normalized spacial score (nSPS) is 11.2. The van der Waals surface area contributed by atoms with Crippen molar-refractivity contribution in [2.75, 3.05) is 6.61 Å². The van der Waals surface area contributed by atoms with Crippen LogP contribution in [0.25, 0.3) is 32.7 Å². The summed E-state index contributed by atoms with van der Waals surface area (Å²) in [5.41, 5.74) is 5.29. The predicted octanol–water partition coefficient (Wildman–Crippen LogP) is 2.67. The smallest absolute Gasteiger partial charge is 0.255 e. The largest absolute Gasteiger partial charge is 0.507 e. The Morgan fingerprint density at radius 1 is 1.08 bits per heavy atom. The summed E-state index contributed by atoms with van der Waals surface area (Å²) in [4.78, 5) is 23.8. The highest BCUT2D eigenvalue weighted by Gasteiger charge is 2.15. The fourth-order valence-corrected chi connectivity index (χ4v) is 2.94. The van der Waals surface area contributed by atoms with Gasteiger partial charge in [-0.25, -0.2) is 0 Å². The third-order valence-corrected chi connectivity index (χ3v) is 4.00. The molecule has 0 spiro atoms. The van der Waals surface area contributed by atoms with Crippen molar-refractivity contribution in [3.8, 4) is 11.5 Å². The van der Waals surface area contributed by atoms with Crippen molar-refractivity contribution in [2.45, 2.75) is 0 Å². The van der Waals surface area contributed by atoms with E-state index < -0.39 is 5.91 Å². The highest BCUT2D eigenvalue weighted by molar-refractivity contribution is 6.08. The lowest BCUT2D eigenvalue weighted by Gasteiger charge is -2.09. The van der Waals surface area contributed by atoms with E-state index in [9.17, 15) is 14.7 Å². The number of fused-ring (bicyclic) bond motifs is 4. The molecule has 6 nitrogen and oxygen atoms in total. The zero-order chi connectivity index (χ0) is 17.6. The van der Waals surface area contributed by atoms with Crippen LogP contribution in [0.2, 0.25) is 0 Å². The molecule has 25 heavy (non-hydrogen) atoms. The van der Waals surface area contributed by atoms with E-state index in [-0.39, 0.29) is 34.5 Å². The van der Waals surface area contributed by atoms with Crippen LogP contribution in [0.1, 0.15) is 0 Å². The van der Waals surface area contributed by atoms with Crippen molar-refractivity contribution in [2.24, 2.45) is 5.73 Å². The van der Waals surface area contributed by atoms with Crippen LogP contribution in [0.4, 0.5) is 0 Å². The molecule has 0 atom stereocenters. The van der Waals surface area contributed by atoms with Crippen LogP contribution >= 0.6 is 0 Å². The van der Waals surface area contributed by atoms with E-state index in [4.69, 9.17) is 14.9 Å². The molecule has 0 unspecified atom stereocenters. The lowest BCUT2D eigenvalue weighted by Crippen LogP contribution is -2.20. The second kappa shape index (κ2) is 5.52. The van der Waals surface area contributed by atoms with Crippen molar-refractivity contribution >= 4 is 38.6 Å². The van der Waals surface area contributed by atoms with Gasteiger partial charge < -0.3 is 20.0 Å². The van der Waals surface area contributed by atoms with E-state index in [2.05, 4.69) is 0 Å². The van der Waals surface area contributed by atoms with Crippen molar-refractivity contribution in [1.29, 1.82) is 0 Å². The van der Waals surface area contributed by atoms with Gasteiger partial charge in [0, 0.05) is 12.1 Å². The molecule has 0 fully saturated rings. The third kappa shape index (κ3) is 2.44. The summed E-state index contributed by atoms with van der Waals surface area (Å²) in [6.45, 7) is -0.340. The topological polar surface area (TPSA) is 103 Å². The van der Waals surface area contributed by atoms with E-state index in [1.165, 1.54) is 12.1 Å². The number of carbonyl (C=O) groups is 1. The van der Waals surface area contributed by atoms with Crippen molar-refractivity contribution in [3.05, 3.63) is 58.8 Å². The average Bonchev–Trinajstić information content (AvgIpc) is 2.59. The van der Waals surface area contributed by atoms with Crippen molar-refractivity contribution in [1.82, 2.24) is 0 Å². The van der Waals surface area contributed by atoms with Gasteiger partial charge in [0.15, 0.2) is 6.61 Å². The Morgan fingerprint density at radius 3 is 2.68 bits per heavy atom. The Labute approximate surface area is 141 Å². The summed E-state index contributed by atoms with van der Waals surface area (Å²) >= 11 is 0. The number of hydrogen-bond donors (Lipinski definition) is 2. The molecule has 0 aliphatic heterocycles. The Bertz CT molecular complexity index is 1210. The first-order valence-corrected chi connectivity index (χ1v) is 7.57. The molecule has 1 amide bonds. The Kier molecular flexibility index (Phi) is 3.32. The quantitative estimate of drug-likeness (QED) is 0.442. The van der Waals surface area contributed by atoms with Gasteiger partial charge in [0.05, 0.1) is 5.39 Å². The molecular weight excluding hydrogens is 322 g/mol. The molecule has 0 aliphatic carbocycles. The number of carbonyl (C=O) groups excluding carboxylic acids is 1. The maximum absolute atomic E-state index is 13.0. The zero-order valence-corrected chi connectivity index (χ0v) is 13.0. The molecule has 4 aromatic rings. The van der Waals surface area contributed by atoms with Gasteiger partial charge in [0.25, 0.3) is 5.91 Å². The zero-order valence-electron chi connectivity index (χ0n) is 13.0. The first-order valence-electron chi connectivity index (χ1n) is 7.57. The number of nitrogens with two attached hydrogens (primary N) is 1. The second-order valence-corrected chi connectivity index (χ2v) is 5.66. The molecule has 0 aliphatic rings. The summed E-state index contributed by atoms with van der Waals surface area (Å²) in [5.74, 6) is -0.737. The van der Waals surface area contributed by atoms with E-state index in [0.29, 0.717) is 11.0 Å². The SMILES string of the molecule is NC(=O)COc1cc(O)c2c(=O)c3c(ccc4ccccc43)oc2c1. The lowest BCUT2D eigenvalue weighted by atomic mass is 10.0. The van der Waals surface area contributed by atoms with Gasteiger partial charge in [0.2, 0.25) is 5.43 Å². The number of phenols is 1. The van der Waals surface area contributed by atoms with E-state index in [1.54, 1.807) is 6.07 Å².